The molecule has 0 N–H and O–H groups in total. The predicted molar refractivity (Wildman–Crippen MR) is 46.8 cm³/mol. The molecule has 2 nitrogen and oxygen atoms in total. The van der Waals surface area contributed by atoms with Gasteiger partial charge in [-0.2, -0.15) is 0 Å². The third-order valence-corrected chi connectivity index (χ3v) is 2.58. The Bertz CT molecular complexity index is 106. The van der Waals surface area contributed by atoms with E-state index < -0.39 is 0 Å². The van der Waals surface area contributed by atoms with Crippen LogP contribution in [-0.2, 0) is 4.74 Å². The van der Waals surface area contributed by atoms with Crippen molar-refractivity contribution in [1.29, 1.82) is 0 Å². The van der Waals surface area contributed by atoms with Gasteiger partial charge in [-0.25, -0.2) is 0 Å². The number of likely N-dealkylation sites (tertiary alicyclic amines) is 1. The summed E-state index contributed by atoms with van der Waals surface area (Å²) in [7, 11) is 4.00. The lowest BCUT2D eigenvalue weighted by Crippen LogP contribution is -2.36. The fourth-order valence-corrected chi connectivity index (χ4v) is 1.76. The first-order valence-electron chi connectivity index (χ1n) is 4.54. The fourth-order valence-electron chi connectivity index (χ4n) is 1.76. The molecule has 0 aromatic rings. The second kappa shape index (κ2) is 4.73. The van der Waals surface area contributed by atoms with Crippen LogP contribution in [0, 0.1) is 0 Å². The van der Waals surface area contributed by atoms with Crippen LogP contribution in [0.5, 0.6) is 0 Å². The molecule has 1 atom stereocenters. The Balaban J connectivity index is 2.18. The molecule has 1 saturated heterocycles. The van der Waals surface area contributed by atoms with E-state index in [1.807, 2.05) is 0 Å². The van der Waals surface area contributed by atoms with E-state index in [0.29, 0.717) is 0 Å². The maximum atomic E-state index is 5.07. The molecule has 0 aliphatic carbocycles. The molecular weight excluding hydrogens is 138 g/mol. The van der Waals surface area contributed by atoms with Crippen molar-refractivity contribution in [3.8, 4) is 0 Å². The average Bonchev–Trinajstić information content (AvgIpc) is 2.03. The average molecular weight is 157 g/mol. The van der Waals surface area contributed by atoms with Crippen molar-refractivity contribution in [2.24, 2.45) is 0 Å². The Kier molecular flexibility index (Phi) is 3.87. The summed E-state index contributed by atoms with van der Waals surface area (Å²) in [5, 5.41) is 0. The van der Waals surface area contributed by atoms with Crippen LogP contribution in [0.3, 0.4) is 0 Å². The van der Waals surface area contributed by atoms with Crippen LogP contribution in [0.25, 0.3) is 0 Å². The highest BCUT2D eigenvalue weighted by Crippen LogP contribution is 2.17. The van der Waals surface area contributed by atoms with Gasteiger partial charge in [-0.3, -0.25) is 0 Å². The molecule has 0 radical (unpaired) electrons. The molecule has 1 rings (SSSR count). The number of hydrogen-bond acceptors (Lipinski definition) is 2. The summed E-state index contributed by atoms with van der Waals surface area (Å²) in [5.41, 5.74) is 0. The molecule has 1 fully saturated rings. The lowest BCUT2D eigenvalue weighted by molar-refractivity contribution is 0.123. The largest absolute Gasteiger partial charge is 0.385 e. The summed E-state index contributed by atoms with van der Waals surface area (Å²) in [6.45, 7) is 2.18. The molecule has 1 aliphatic heterocycles. The summed E-state index contributed by atoms with van der Waals surface area (Å²) in [4.78, 5) is 2.46. The van der Waals surface area contributed by atoms with Crippen molar-refractivity contribution in [1.82, 2.24) is 4.90 Å². The van der Waals surface area contributed by atoms with Gasteiger partial charge in [0, 0.05) is 19.8 Å². The van der Waals surface area contributed by atoms with E-state index in [1.54, 1.807) is 7.11 Å². The van der Waals surface area contributed by atoms with E-state index in [4.69, 9.17) is 4.74 Å². The molecule has 1 heterocycles. The predicted octanol–water partition coefficient (Wildman–Crippen LogP) is 1.51. The van der Waals surface area contributed by atoms with E-state index in [0.717, 1.165) is 12.6 Å². The Morgan fingerprint density at radius 3 is 2.91 bits per heavy atom. The molecule has 11 heavy (non-hydrogen) atoms. The number of nitrogens with zero attached hydrogens (tertiary/aromatic N) is 1. The van der Waals surface area contributed by atoms with Gasteiger partial charge >= 0.3 is 0 Å². The van der Waals surface area contributed by atoms with Crippen LogP contribution < -0.4 is 0 Å². The molecule has 0 aromatic heterocycles. The maximum Gasteiger partial charge on any atom is 0.0477 e. The molecule has 0 aromatic carbocycles. The van der Waals surface area contributed by atoms with Crippen molar-refractivity contribution in [2.45, 2.75) is 31.7 Å². The van der Waals surface area contributed by atoms with Crippen LogP contribution in [0.1, 0.15) is 25.7 Å². The zero-order chi connectivity index (χ0) is 8.10. The Morgan fingerprint density at radius 1 is 1.45 bits per heavy atom. The first-order chi connectivity index (χ1) is 5.34. The third kappa shape index (κ3) is 2.80. The molecule has 0 bridgehead atoms. The molecule has 0 amide bonds. The van der Waals surface area contributed by atoms with Gasteiger partial charge < -0.3 is 9.64 Å². The third-order valence-electron chi connectivity index (χ3n) is 2.58. The van der Waals surface area contributed by atoms with Crippen LogP contribution in [0.4, 0.5) is 0 Å². The van der Waals surface area contributed by atoms with Crippen LogP contribution in [-0.4, -0.2) is 38.3 Å². The minimum atomic E-state index is 0.781. The summed E-state index contributed by atoms with van der Waals surface area (Å²) in [6, 6.07) is 0.781. The highest BCUT2D eigenvalue weighted by molar-refractivity contribution is 4.73. The van der Waals surface area contributed by atoms with Crippen molar-refractivity contribution in [2.75, 3.05) is 27.3 Å². The van der Waals surface area contributed by atoms with Crippen molar-refractivity contribution in [3.05, 3.63) is 0 Å². The Hall–Kier alpha value is -0.0800. The molecule has 0 spiro atoms. The van der Waals surface area contributed by atoms with Gasteiger partial charge in [0.15, 0.2) is 0 Å². The Labute approximate surface area is 69.5 Å². The number of methoxy groups -OCH3 is 1. The fraction of sp³-hybridized carbons (Fsp3) is 1.00. The monoisotopic (exact) mass is 157 g/mol. The second-order valence-electron chi connectivity index (χ2n) is 3.41. The molecular formula is C9H19NO. The first kappa shape index (κ1) is 9.01. The highest BCUT2D eigenvalue weighted by atomic mass is 16.5. The van der Waals surface area contributed by atoms with Gasteiger partial charge in [0.25, 0.3) is 0 Å². The zero-order valence-corrected chi connectivity index (χ0v) is 7.68. The standard InChI is InChI=1S/C9H19NO/c1-10-7-4-3-5-9(10)6-8-11-2/h9H,3-8H2,1-2H3/t9-/m1/s1. The topological polar surface area (TPSA) is 12.5 Å². The van der Waals surface area contributed by atoms with Crippen molar-refractivity contribution in [3.63, 3.8) is 0 Å². The lowest BCUT2D eigenvalue weighted by Gasteiger charge is -2.32. The van der Waals surface area contributed by atoms with Crippen LogP contribution >= 0.6 is 0 Å². The molecule has 2 heteroatoms. The number of hydrogen-bond donors (Lipinski definition) is 0. The summed E-state index contributed by atoms with van der Waals surface area (Å²) >= 11 is 0. The zero-order valence-electron chi connectivity index (χ0n) is 7.68. The molecule has 0 saturated carbocycles. The minimum Gasteiger partial charge on any atom is -0.385 e. The minimum absolute atomic E-state index is 0.781. The van der Waals surface area contributed by atoms with E-state index in [-0.39, 0.29) is 0 Å². The van der Waals surface area contributed by atoms with Crippen molar-refractivity contribution >= 4 is 0 Å². The number of ether oxygens (including phenoxy) is 1. The van der Waals surface area contributed by atoms with E-state index in [1.165, 1.54) is 32.2 Å². The second-order valence-corrected chi connectivity index (χ2v) is 3.41. The summed E-state index contributed by atoms with van der Waals surface area (Å²) < 4.78 is 5.07. The van der Waals surface area contributed by atoms with Gasteiger partial charge in [-0.15, -0.1) is 0 Å². The van der Waals surface area contributed by atoms with Crippen molar-refractivity contribution < 1.29 is 4.74 Å². The van der Waals surface area contributed by atoms with E-state index >= 15 is 0 Å². The van der Waals surface area contributed by atoms with Crippen LogP contribution in [0.2, 0.25) is 0 Å². The van der Waals surface area contributed by atoms with Gasteiger partial charge in [0.05, 0.1) is 0 Å². The normalized spacial score (nSPS) is 27.3. The smallest absolute Gasteiger partial charge is 0.0477 e. The van der Waals surface area contributed by atoms with E-state index in [2.05, 4.69) is 11.9 Å². The Morgan fingerprint density at radius 2 is 2.27 bits per heavy atom. The van der Waals surface area contributed by atoms with Gasteiger partial charge in [-0.05, 0) is 32.9 Å². The van der Waals surface area contributed by atoms with Crippen LogP contribution in [0.15, 0.2) is 0 Å². The summed E-state index contributed by atoms with van der Waals surface area (Å²) in [5.74, 6) is 0. The van der Waals surface area contributed by atoms with Gasteiger partial charge in [0.1, 0.15) is 0 Å². The molecule has 66 valence electrons. The number of rotatable bonds is 3. The van der Waals surface area contributed by atoms with E-state index in [9.17, 15) is 0 Å². The first-order valence-corrected chi connectivity index (χ1v) is 4.54. The highest BCUT2D eigenvalue weighted by Gasteiger charge is 2.17. The maximum absolute atomic E-state index is 5.07. The lowest BCUT2D eigenvalue weighted by atomic mass is 10.0. The SMILES string of the molecule is COCC[C@H]1CCCCN1C. The molecule has 0 unspecified atom stereocenters. The van der Waals surface area contributed by atoms with Gasteiger partial charge in [-0.1, -0.05) is 6.42 Å². The van der Waals surface area contributed by atoms with Gasteiger partial charge in [0.2, 0.25) is 0 Å². The quantitative estimate of drug-likeness (QED) is 0.615. The molecule has 1 aliphatic rings. The number of piperidine rings is 1. The summed E-state index contributed by atoms with van der Waals surface area (Å²) in [6.07, 6.45) is 5.34.